The molecule has 0 atom stereocenters. The minimum absolute atomic E-state index is 0.0000669. The second-order valence-electron chi connectivity index (χ2n) is 17.8. The Hall–Kier alpha value is -7.47. The van der Waals surface area contributed by atoms with Crippen molar-refractivity contribution in [2.75, 3.05) is 0 Å². The zero-order chi connectivity index (χ0) is 51.4. The Morgan fingerprint density at radius 2 is 0.986 bits per heavy atom. The van der Waals surface area contributed by atoms with Crippen molar-refractivity contribution in [2.45, 2.75) is 85.5 Å². The fourth-order valence-electron chi connectivity index (χ4n) is 7.81. The Labute approximate surface area is 419 Å². The van der Waals surface area contributed by atoms with Crippen LogP contribution < -0.4 is 0 Å². The second kappa shape index (κ2) is 21.1. The lowest BCUT2D eigenvalue weighted by molar-refractivity contribution is 0.0976. The van der Waals surface area contributed by atoms with E-state index in [9.17, 15) is 34.8 Å². The highest BCUT2D eigenvalue weighted by atomic mass is 32.2. The Balaban J connectivity index is 0.000000200. The maximum Gasteiger partial charge on any atom is 0.269 e. The number of carbonyl (C=O) groups is 2. The van der Waals surface area contributed by atoms with Crippen LogP contribution in [0.2, 0.25) is 0 Å². The van der Waals surface area contributed by atoms with Crippen molar-refractivity contribution in [3.63, 3.8) is 0 Å². The minimum atomic E-state index is -4.07. The summed E-state index contributed by atoms with van der Waals surface area (Å²) in [5.41, 5.74) is 7.23. The van der Waals surface area contributed by atoms with Crippen LogP contribution in [-0.2, 0) is 42.5 Å². The third kappa shape index (κ3) is 10.9. The summed E-state index contributed by atoms with van der Waals surface area (Å²) >= 11 is 0. The smallest absolute Gasteiger partial charge is 0.269 e. The number of H-pyrrole nitrogens is 1. The van der Waals surface area contributed by atoms with Gasteiger partial charge in [0.25, 0.3) is 10.0 Å². The molecule has 0 amide bonds. The Bertz CT molecular complexity index is 3770. The van der Waals surface area contributed by atoms with Gasteiger partial charge in [0.2, 0.25) is 0 Å². The number of nitrogens with one attached hydrogen (secondary N) is 1. The molecule has 0 fully saturated rings. The molecule has 0 aliphatic rings. The average molecular weight is 1020 g/mol. The third-order valence-corrected chi connectivity index (χ3v) is 18.2. The van der Waals surface area contributed by atoms with Crippen LogP contribution in [0.25, 0.3) is 44.8 Å². The summed E-state index contributed by atoms with van der Waals surface area (Å²) in [7, 11) is -10.9. The zero-order valence-corrected chi connectivity index (χ0v) is 42.7. The molecule has 0 radical (unpaired) electrons. The van der Waals surface area contributed by atoms with Gasteiger partial charge in [-0.1, -0.05) is 103 Å². The highest BCUT2D eigenvalue weighted by Gasteiger charge is 2.27. The van der Waals surface area contributed by atoms with Crippen molar-refractivity contribution < 1.29 is 34.8 Å². The number of carbonyl (C=O) groups excluding carboxylic acids is 2. The fourth-order valence-corrected chi connectivity index (χ4v) is 11.2. The van der Waals surface area contributed by atoms with Gasteiger partial charge in [-0.05, 0) is 95.0 Å². The summed E-state index contributed by atoms with van der Waals surface area (Å²) in [4.78, 5) is 48.0. The molecule has 0 spiro atoms. The number of hydrogen-bond acceptors (Lipinski definition) is 12. The zero-order valence-electron chi connectivity index (χ0n) is 40.2. The molecule has 0 saturated carbocycles. The number of aromatic nitrogens is 6. The van der Waals surface area contributed by atoms with Gasteiger partial charge in [0, 0.05) is 36.4 Å². The molecule has 17 heteroatoms. The van der Waals surface area contributed by atoms with Crippen molar-refractivity contribution in [3.05, 3.63) is 186 Å². The molecule has 368 valence electrons. The van der Waals surface area contributed by atoms with Crippen LogP contribution in [0.15, 0.2) is 173 Å². The second-order valence-corrected chi connectivity index (χ2v) is 24.6. The van der Waals surface area contributed by atoms with E-state index in [0.29, 0.717) is 52.9 Å². The maximum atomic E-state index is 13.6. The van der Waals surface area contributed by atoms with E-state index >= 15 is 0 Å². The largest absolute Gasteiger partial charge is 0.344 e. The van der Waals surface area contributed by atoms with E-state index in [2.05, 4.69) is 24.9 Å². The molecule has 0 unspecified atom stereocenters. The summed E-state index contributed by atoms with van der Waals surface area (Å²) in [5.74, 6) is -0.263. The van der Waals surface area contributed by atoms with Gasteiger partial charge in [0.1, 0.15) is 11.0 Å². The van der Waals surface area contributed by atoms with Gasteiger partial charge in [-0.2, -0.15) is 0 Å². The molecular formula is C55H52N6O8S3. The lowest BCUT2D eigenvalue weighted by atomic mass is 10.0. The van der Waals surface area contributed by atoms with Gasteiger partial charge in [0.05, 0.1) is 60.1 Å². The van der Waals surface area contributed by atoms with E-state index < -0.39 is 40.2 Å². The molecule has 1 N–H and O–H groups in total. The lowest BCUT2D eigenvalue weighted by Crippen LogP contribution is -2.13. The number of ketones is 2. The number of hydrogen-bond donors (Lipinski definition) is 1. The summed E-state index contributed by atoms with van der Waals surface area (Å²) < 4.78 is 78.1. The Morgan fingerprint density at radius 1 is 0.542 bits per heavy atom. The molecule has 4 heterocycles. The molecule has 9 rings (SSSR count). The first-order valence-corrected chi connectivity index (χ1v) is 27.7. The van der Waals surface area contributed by atoms with E-state index in [1.807, 2.05) is 67.6 Å². The van der Waals surface area contributed by atoms with Crippen LogP contribution in [0, 0.1) is 6.92 Å². The first-order chi connectivity index (χ1) is 34.3. The van der Waals surface area contributed by atoms with Gasteiger partial charge in [-0.3, -0.25) is 9.59 Å². The first-order valence-electron chi connectivity index (χ1n) is 23.2. The number of fused-ring (bicyclic) bond motifs is 2. The topological polar surface area (TPSA) is 209 Å². The molecule has 5 aromatic carbocycles. The molecule has 4 aromatic heterocycles. The molecule has 0 bridgehead atoms. The highest BCUT2D eigenvalue weighted by Crippen LogP contribution is 2.30. The summed E-state index contributed by atoms with van der Waals surface area (Å²) in [5, 5.41) is -1.05. The van der Waals surface area contributed by atoms with Crippen LogP contribution >= 0.6 is 0 Å². The normalized spacial score (nSPS) is 12.0. The number of nitrogens with zero attached hydrogens (tertiary/aromatic N) is 5. The highest BCUT2D eigenvalue weighted by molar-refractivity contribution is 7.92. The predicted molar refractivity (Wildman–Crippen MR) is 279 cm³/mol. The van der Waals surface area contributed by atoms with E-state index in [-0.39, 0.29) is 49.4 Å². The molecule has 72 heavy (non-hydrogen) atoms. The summed E-state index contributed by atoms with van der Waals surface area (Å²) in [6.45, 7) is 8.42. The number of sulfone groups is 2. The Morgan fingerprint density at radius 3 is 1.47 bits per heavy atom. The van der Waals surface area contributed by atoms with Crippen molar-refractivity contribution in [2.24, 2.45) is 0 Å². The van der Waals surface area contributed by atoms with Crippen LogP contribution in [0.5, 0.6) is 0 Å². The van der Waals surface area contributed by atoms with Gasteiger partial charge in [-0.15, -0.1) is 0 Å². The molecular weight excluding hydrogens is 969 g/mol. The van der Waals surface area contributed by atoms with E-state index in [1.165, 1.54) is 36.7 Å². The molecule has 0 aliphatic carbocycles. The SMILES string of the molecule is CC(C)S(=O)(=O)c1ccc(-c2cnc3[nH]cc(C(=O)CCc4ccccc4)c3n2)cc1.Cc1ccc(S(=O)(=O)n2cc(C(=O)CCc3ccccc3)c3nc(-c4ccc(S(=O)(=O)C(C)C)cc4)cnc32)cc1. The van der Waals surface area contributed by atoms with Crippen LogP contribution in [0.4, 0.5) is 0 Å². The molecule has 0 aliphatic heterocycles. The number of rotatable bonds is 16. The van der Waals surface area contributed by atoms with Crippen LogP contribution in [0.3, 0.4) is 0 Å². The van der Waals surface area contributed by atoms with Crippen molar-refractivity contribution in [1.29, 1.82) is 0 Å². The monoisotopic (exact) mass is 1020 g/mol. The van der Waals surface area contributed by atoms with Crippen molar-refractivity contribution in [3.8, 4) is 22.5 Å². The van der Waals surface area contributed by atoms with Crippen LogP contribution in [-0.4, -0.2) is 76.2 Å². The quantitative estimate of drug-likeness (QED) is 0.0897. The molecule has 9 aromatic rings. The van der Waals surface area contributed by atoms with Crippen molar-refractivity contribution >= 4 is 63.6 Å². The van der Waals surface area contributed by atoms with E-state index in [0.717, 1.165) is 26.2 Å². The number of aryl methyl sites for hydroxylation is 3. The summed E-state index contributed by atoms with van der Waals surface area (Å²) in [6, 6.07) is 38.7. The van der Waals surface area contributed by atoms with Gasteiger partial charge in [0.15, 0.2) is 42.5 Å². The predicted octanol–water partition coefficient (Wildman–Crippen LogP) is 10.3. The number of Topliss-reactive ketones (excluding diaryl/α,β-unsaturated/α-hetero) is 2. The summed E-state index contributed by atoms with van der Waals surface area (Å²) in [6.07, 6.45) is 7.67. The standard InChI is InChI=1S/C31H29N3O5S2.C24H23N3O3S/c1-21(2)40(36,37)25-16-12-24(13-17-25)28-19-32-31-30(33-28)27(29(35)18-11-23-7-5-4-6-8-23)20-34(31)41(38,39)26-14-9-22(3)10-15-26;1-16(2)31(29,30)19-11-9-18(10-12-19)21-15-26-24-23(27-21)20(14-25-24)22(28)13-8-17-6-4-3-5-7-17/h4-10,12-17,19-21H,11,18H2,1-3H3;3-7,9-12,14-16H,8,13H2,1-2H3,(H,25,26). The van der Waals surface area contributed by atoms with Crippen LogP contribution in [0.1, 0.15) is 77.9 Å². The van der Waals surface area contributed by atoms with Gasteiger partial charge in [-0.25, -0.2) is 49.2 Å². The average Bonchev–Trinajstić information content (AvgIpc) is 4.00. The van der Waals surface area contributed by atoms with E-state index in [1.54, 1.807) is 88.6 Å². The van der Waals surface area contributed by atoms with Gasteiger partial charge < -0.3 is 4.98 Å². The molecule has 14 nitrogen and oxygen atoms in total. The lowest BCUT2D eigenvalue weighted by Gasteiger charge is -2.09. The number of aromatic amines is 1. The van der Waals surface area contributed by atoms with E-state index in [4.69, 9.17) is 0 Å². The Kier molecular flexibility index (Phi) is 14.9. The van der Waals surface area contributed by atoms with Crippen molar-refractivity contribution in [1.82, 2.24) is 28.9 Å². The first kappa shape index (κ1) is 50.9. The minimum Gasteiger partial charge on any atom is -0.344 e. The third-order valence-electron chi connectivity index (χ3n) is 12.2. The fraction of sp³-hybridized carbons (Fsp3) is 0.200. The maximum absolute atomic E-state index is 13.6. The number of benzene rings is 5. The molecule has 0 saturated heterocycles. The van der Waals surface area contributed by atoms with Gasteiger partial charge >= 0.3 is 0 Å².